The van der Waals surface area contributed by atoms with Crippen molar-refractivity contribution in [2.45, 2.75) is 52.1 Å². The largest absolute Gasteiger partial charge is 0.413 e. The van der Waals surface area contributed by atoms with E-state index in [9.17, 15) is 0 Å². The van der Waals surface area contributed by atoms with Gasteiger partial charge in [0.2, 0.25) is 0 Å². The Morgan fingerprint density at radius 3 is 2.29 bits per heavy atom. The van der Waals surface area contributed by atoms with E-state index in [1.165, 1.54) is 17.5 Å². The summed E-state index contributed by atoms with van der Waals surface area (Å²) in [6, 6.07) is 10.2. The zero-order valence-corrected chi connectivity index (χ0v) is 16.8. The van der Waals surface area contributed by atoms with Gasteiger partial charge in [-0.15, -0.1) is 0 Å². The second-order valence-electron chi connectivity index (χ2n) is 7.45. The second kappa shape index (κ2) is 7.63. The fourth-order valence-electron chi connectivity index (χ4n) is 1.86. The van der Waals surface area contributed by atoms with Gasteiger partial charge in [-0.2, -0.15) is 0 Å². The van der Waals surface area contributed by atoms with Crippen molar-refractivity contribution in [3.05, 3.63) is 52.9 Å². The Morgan fingerprint density at radius 1 is 1.08 bits per heavy atom. The quantitative estimate of drug-likeness (QED) is 0.561. The average molecular weight is 364 g/mol. The Balaban J connectivity index is 1.89. The summed E-state index contributed by atoms with van der Waals surface area (Å²) < 4.78 is 6.25. The standard InChI is InChI=1S/C18H26ClN3OSi/c1-18(2,3)24(4,5)23-12-15-8-6-14(7-9-15)11-20-17-10-16(19)21-13-22-17/h6-10,13H,11-12H2,1-5H3,(H,20,21,22). The summed E-state index contributed by atoms with van der Waals surface area (Å²) in [5.74, 6) is 0.723. The van der Waals surface area contributed by atoms with Crippen LogP contribution in [0.5, 0.6) is 0 Å². The molecular formula is C18H26ClN3OSi. The minimum Gasteiger partial charge on any atom is -0.413 e. The third-order valence-electron chi connectivity index (χ3n) is 4.54. The molecule has 130 valence electrons. The molecule has 1 aromatic carbocycles. The van der Waals surface area contributed by atoms with Crippen LogP contribution >= 0.6 is 11.6 Å². The minimum atomic E-state index is -1.71. The number of aromatic nitrogens is 2. The van der Waals surface area contributed by atoms with E-state index in [-0.39, 0.29) is 5.04 Å². The lowest BCUT2D eigenvalue weighted by Gasteiger charge is -2.36. The predicted molar refractivity (Wildman–Crippen MR) is 103 cm³/mol. The molecule has 0 amide bonds. The van der Waals surface area contributed by atoms with Crippen LogP contribution < -0.4 is 5.32 Å². The molecule has 24 heavy (non-hydrogen) atoms. The van der Waals surface area contributed by atoms with E-state index in [1.807, 2.05) is 0 Å². The van der Waals surface area contributed by atoms with Gasteiger partial charge >= 0.3 is 0 Å². The lowest BCUT2D eigenvalue weighted by molar-refractivity contribution is 0.276. The summed E-state index contributed by atoms with van der Waals surface area (Å²) in [5, 5.41) is 3.91. The van der Waals surface area contributed by atoms with Gasteiger partial charge in [-0.05, 0) is 29.3 Å². The van der Waals surface area contributed by atoms with E-state index in [4.69, 9.17) is 16.0 Å². The topological polar surface area (TPSA) is 47.0 Å². The zero-order valence-electron chi connectivity index (χ0n) is 15.1. The first-order valence-corrected chi connectivity index (χ1v) is 11.4. The van der Waals surface area contributed by atoms with Gasteiger partial charge in [0.1, 0.15) is 17.3 Å². The second-order valence-corrected chi connectivity index (χ2v) is 12.6. The molecule has 6 heteroatoms. The van der Waals surface area contributed by atoms with E-state index in [0.29, 0.717) is 18.3 Å². The van der Waals surface area contributed by atoms with Crippen molar-refractivity contribution in [1.82, 2.24) is 9.97 Å². The first-order valence-electron chi connectivity index (χ1n) is 8.10. The molecule has 0 saturated carbocycles. The molecule has 4 nitrogen and oxygen atoms in total. The predicted octanol–water partition coefficient (Wildman–Crippen LogP) is 5.26. The molecule has 1 N–H and O–H groups in total. The van der Waals surface area contributed by atoms with E-state index in [0.717, 1.165) is 5.82 Å². The molecule has 2 aromatic rings. The van der Waals surface area contributed by atoms with Crippen LogP contribution in [0.2, 0.25) is 23.3 Å². The van der Waals surface area contributed by atoms with Gasteiger partial charge in [-0.3, -0.25) is 0 Å². The third kappa shape index (κ3) is 5.29. The highest BCUT2D eigenvalue weighted by Gasteiger charge is 2.36. The molecule has 0 atom stereocenters. The van der Waals surface area contributed by atoms with E-state index >= 15 is 0 Å². The van der Waals surface area contributed by atoms with Crippen LogP contribution in [0.1, 0.15) is 31.9 Å². The summed E-state index contributed by atoms with van der Waals surface area (Å²) in [6.45, 7) is 12.7. The smallest absolute Gasteiger partial charge is 0.192 e. The van der Waals surface area contributed by atoms with Crippen molar-refractivity contribution in [1.29, 1.82) is 0 Å². The van der Waals surface area contributed by atoms with Crippen molar-refractivity contribution in [3.8, 4) is 0 Å². The molecule has 0 aliphatic rings. The third-order valence-corrected chi connectivity index (χ3v) is 9.22. The minimum absolute atomic E-state index is 0.232. The highest BCUT2D eigenvalue weighted by Crippen LogP contribution is 2.37. The van der Waals surface area contributed by atoms with Crippen LogP contribution in [0.4, 0.5) is 5.82 Å². The summed E-state index contributed by atoms with van der Waals surface area (Å²) in [7, 11) is -1.71. The molecule has 0 fully saturated rings. The van der Waals surface area contributed by atoms with Gasteiger partial charge in [0.15, 0.2) is 8.32 Å². The van der Waals surface area contributed by atoms with Crippen molar-refractivity contribution in [3.63, 3.8) is 0 Å². The van der Waals surface area contributed by atoms with Crippen molar-refractivity contribution >= 4 is 25.7 Å². The number of anilines is 1. The number of nitrogens with one attached hydrogen (secondary N) is 1. The molecule has 0 aliphatic heterocycles. The highest BCUT2D eigenvalue weighted by atomic mass is 35.5. The number of hydrogen-bond acceptors (Lipinski definition) is 4. The number of hydrogen-bond donors (Lipinski definition) is 1. The van der Waals surface area contributed by atoms with Crippen LogP contribution in [0.3, 0.4) is 0 Å². The molecule has 0 saturated heterocycles. The molecule has 1 heterocycles. The number of rotatable bonds is 6. The van der Waals surface area contributed by atoms with Crippen LogP contribution in [-0.4, -0.2) is 18.3 Å². The molecule has 0 radical (unpaired) electrons. The molecule has 2 rings (SSSR count). The Kier molecular flexibility index (Phi) is 6.01. The summed E-state index contributed by atoms with van der Waals surface area (Å²) in [5.41, 5.74) is 2.38. The SMILES string of the molecule is CC(C)(C)[Si](C)(C)OCc1ccc(CNc2cc(Cl)ncn2)cc1. The molecule has 0 aliphatic carbocycles. The molecule has 0 unspecified atom stereocenters. The molecule has 0 spiro atoms. The van der Waals surface area contributed by atoms with Gasteiger partial charge < -0.3 is 9.74 Å². The Hall–Kier alpha value is -1.43. The molecular weight excluding hydrogens is 338 g/mol. The van der Waals surface area contributed by atoms with Crippen LogP contribution in [0.25, 0.3) is 0 Å². The zero-order chi connectivity index (χ0) is 17.8. The average Bonchev–Trinajstić information content (AvgIpc) is 2.51. The van der Waals surface area contributed by atoms with E-state index in [1.54, 1.807) is 6.07 Å². The van der Waals surface area contributed by atoms with Gasteiger partial charge in [0.25, 0.3) is 0 Å². The molecule has 0 bridgehead atoms. The van der Waals surface area contributed by atoms with E-state index in [2.05, 4.69) is 73.4 Å². The number of nitrogens with zero attached hydrogens (tertiary/aromatic N) is 2. The Labute approximate surface area is 150 Å². The van der Waals surface area contributed by atoms with Crippen LogP contribution in [0.15, 0.2) is 36.7 Å². The summed E-state index contributed by atoms with van der Waals surface area (Å²) >= 11 is 5.85. The first kappa shape index (κ1) is 18.9. The van der Waals surface area contributed by atoms with Gasteiger partial charge in [0.05, 0.1) is 6.61 Å². The maximum Gasteiger partial charge on any atom is 0.192 e. The fourth-order valence-corrected chi connectivity index (χ4v) is 2.96. The Morgan fingerprint density at radius 2 is 1.71 bits per heavy atom. The van der Waals surface area contributed by atoms with Crippen molar-refractivity contribution < 1.29 is 4.43 Å². The lowest BCUT2D eigenvalue weighted by atomic mass is 10.1. The van der Waals surface area contributed by atoms with E-state index < -0.39 is 8.32 Å². The van der Waals surface area contributed by atoms with Crippen molar-refractivity contribution in [2.24, 2.45) is 0 Å². The van der Waals surface area contributed by atoms with Crippen molar-refractivity contribution in [2.75, 3.05) is 5.32 Å². The monoisotopic (exact) mass is 363 g/mol. The van der Waals surface area contributed by atoms with Gasteiger partial charge in [-0.25, -0.2) is 9.97 Å². The number of halogens is 1. The summed E-state index contributed by atoms with van der Waals surface area (Å²) in [6.07, 6.45) is 1.45. The normalized spacial score (nSPS) is 12.2. The van der Waals surface area contributed by atoms with Crippen LogP contribution in [-0.2, 0) is 17.6 Å². The highest BCUT2D eigenvalue weighted by molar-refractivity contribution is 6.74. The lowest BCUT2D eigenvalue weighted by Crippen LogP contribution is -2.40. The Bertz CT molecular complexity index is 669. The summed E-state index contributed by atoms with van der Waals surface area (Å²) in [4.78, 5) is 8.00. The maximum absolute atomic E-state index is 6.25. The van der Waals surface area contributed by atoms with Gasteiger partial charge in [0, 0.05) is 12.6 Å². The van der Waals surface area contributed by atoms with Crippen LogP contribution in [0, 0.1) is 0 Å². The first-order chi connectivity index (χ1) is 11.2. The fraction of sp³-hybridized carbons (Fsp3) is 0.444. The molecule has 1 aromatic heterocycles. The van der Waals surface area contributed by atoms with Gasteiger partial charge in [-0.1, -0.05) is 56.6 Å². The number of benzene rings is 1. The maximum atomic E-state index is 6.25.